The predicted molar refractivity (Wildman–Crippen MR) is 84.5 cm³/mol. The molecule has 1 aliphatic rings. The first-order valence-electron chi connectivity index (χ1n) is 6.98. The molecule has 2 amide bonds. The zero-order valence-corrected chi connectivity index (χ0v) is 13.2. The van der Waals surface area contributed by atoms with Gasteiger partial charge in [-0.2, -0.15) is 0 Å². The number of anilines is 2. The molecule has 1 fully saturated rings. The molecule has 0 saturated carbocycles. The fourth-order valence-electron chi connectivity index (χ4n) is 2.23. The lowest BCUT2D eigenvalue weighted by molar-refractivity contribution is -0.125. The van der Waals surface area contributed by atoms with Crippen LogP contribution >= 0.6 is 11.6 Å². The number of carbonyl (C=O) groups is 2. The van der Waals surface area contributed by atoms with Gasteiger partial charge in [-0.15, -0.1) is 11.6 Å². The van der Waals surface area contributed by atoms with Crippen molar-refractivity contribution in [3.8, 4) is 0 Å². The lowest BCUT2D eigenvalue weighted by Crippen LogP contribution is -2.41. The van der Waals surface area contributed by atoms with Gasteiger partial charge >= 0.3 is 0 Å². The van der Waals surface area contributed by atoms with Gasteiger partial charge in [-0.1, -0.05) is 0 Å². The Balaban J connectivity index is 2.09. The fourth-order valence-corrected chi connectivity index (χ4v) is 2.45. The Bertz CT molecular complexity index is 505. The zero-order chi connectivity index (χ0) is 15.9. The highest BCUT2D eigenvalue weighted by molar-refractivity contribution is 6.18. The van der Waals surface area contributed by atoms with Crippen molar-refractivity contribution in [2.24, 2.45) is 0 Å². The van der Waals surface area contributed by atoms with E-state index >= 15 is 0 Å². The van der Waals surface area contributed by atoms with Gasteiger partial charge in [-0.05, 0) is 24.3 Å². The summed E-state index contributed by atoms with van der Waals surface area (Å²) in [5.74, 6) is 0.245. The molecule has 0 aliphatic carbocycles. The quantitative estimate of drug-likeness (QED) is 0.559. The number of carbonyl (C=O) groups excluding carboxylic acids is 2. The Morgan fingerprint density at radius 2 is 2.18 bits per heavy atom. The first kappa shape index (κ1) is 16.7. The number of halogens is 1. The Morgan fingerprint density at radius 1 is 1.45 bits per heavy atom. The molecular formula is C15H19ClN2O4. The van der Waals surface area contributed by atoms with Gasteiger partial charge in [0.25, 0.3) is 5.91 Å². The van der Waals surface area contributed by atoms with E-state index < -0.39 is 0 Å². The van der Waals surface area contributed by atoms with Crippen molar-refractivity contribution >= 4 is 35.3 Å². The van der Waals surface area contributed by atoms with Crippen LogP contribution in [0.5, 0.6) is 0 Å². The molecule has 1 heterocycles. The van der Waals surface area contributed by atoms with E-state index in [0.717, 1.165) is 17.8 Å². The molecule has 1 saturated heterocycles. The van der Waals surface area contributed by atoms with Crippen LogP contribution in [0.4, 0.5) is 11.4 Å². The minimum absolute atomic E-state index is 0.0622. The average Bonchev–Trinajstić information content (AvgIpc) is 2.57. The summed E-state index contributed by atoms with van der Waals surface area (Å²) in [5, 5.41) is 0. The van der Waals surface area contributed by atoms with Crippen molar-refractivity contribution in [2.45, 2.75) is 6.10 Å². The topological polar surface area (TPSA) is 59.1 Å². The summed E-state index contributed by atoms with van der Waals surface area (Å²) in [6.07, 6.45) is 0.514. The summed E-state index contributed by atoms with van der Waals surface area (Å²) in [5.41, 5.74) is 1.52. The van der Waals surface area contributed by atoms with Crippen LogP contribution in [0.1, 0.15) is 0 Å². The Labute approximate surface area is 134 Å². The molecule has 22 heavy (non-hydrogen) atoms. The molecule has 0 aromatic heterocycles. The summed E-state index contributed by atoms with van der Waals surface area (Å²) in [7, 11) is 1.56. The molecule has 0 radical (unpaired) electrons. The van der Waals surface area contributed by atoms with Gasteiger partial charge in [0.2, 0.25) is 6.41 Å². The van der Waals surface area contributed by atoms with Crippen molar-refractivity contribution in [1.82, 2.24) is 0 Å². The molecular weight excluding hydrogens is 308 g/mol. The van der Waals surface area contributed by atoms with E-state index in [1.165, 1.54) is 4.90 Å². The number of hydrogen-bond acceptors (Lipinski definition) is 4. The largest absolute Gasteiger partial charge is 0.378 e. The second-order valence-corrected chi connectivity index (χ2v) is 5.19. The van der Waals surface area contributed by atoms with Crippen LogP contribution in [0.2, 0.25) is 0 Å². The zero-order valence-electron chi connectivity index (χ0n) is 12.4. The second kappa shape index (κ2) is 8.12. The van der Waals surface area contributed by atoms with E-state index in [4.69, 9.17) is 21.1 Å². The van der Waals surface area contributed by atoms with Gasteiger partial charge < -0.3 is 19.3 Å². The van der Waals surface area contributed by atoms with Crippen LogP contribution in [0, 0.1) is 0 Å². The molecule has 1 unspecified atom stereocenters. The third-order valence-corrected chi connectivity index (χ3v) is 3.86. The molecule has 0 spiro atoms. The van der Waals surface area contributed by atoms with Crippen LogP contribution in [-0.4, -0.2) is 57.7 Å². The second-order valence-electron chi connectivity index (χ2n) is 4.88. The average molecular weight is 327 g/mol. The summed E-state index contributed by atoms with van der Waals surface area (Å²) in [6, 6.07) is 7.23. The van der Waals surface area contributed by atoms with Crippen LogP contribution < -0.4 is 9.80 Å². The first-order valence-corrected chi connectivity index (χ1v) is 7.52. The van der Waals surface area contributed by atoms with E-state index in [9.17, 15) is 9.59 Å². The third-order valence-electron chi connectivity index (χ3n) is 3.51. The molecule has 2 rings (SSSR count). The summed E-state index contributed by atoms with van der Waals surface area (Å²) >= 11 is 5.78. The van der Waals surface area contributed by atoms with Gasteiger partial charge in [-0.25, -0.2) is 0 Å². The molecule has 1 aromatic carbocycles. The molecule has 120 valence electrons. The highest BCUT2D eigenvalue weighted by Crippen LogP contribution is 2.22. The number of hydrogen-bond donors (Lipinski definition) is 0. The number of methoxy groups -OCH3 is 1. The number of nitrogens with zero attached hydrogens (tertiary/aromatic N) is 2. The maximum Gasteiger partial charge on any atom is 0.253 e. The number of morpholine rings is 1. The Hall–Kier alpha value is -1.63. The molecule has 7 heteroatoms. The lowest BCUT2D eigenvalue weighted by Gasteiger charge is -2.27. The number of alkyl halides is 1. The predicted octanol–water partition coefficient (Wildman–Crippen LogP) is 1.27. The van der Waals surface area contributed by atoms with Crippen LogP contribution in [-0.2, 0) is 19.1 Å². The van der Waals surface area contributed by atoms with Crippen molar-refractivity contribution < 1.29 is 19.1 Å². The van der Waals surface area contributed by atoms with Crippen molar-refractivity contribution in [2.75, 3.05) is 49.1 Å². The van der Waals surface area contributed by atoms with E-state index in [0.29, 0.717) is 25.6 Å². The smallest absolute Gasteiger partial charge is 0.253 e. The molecule has 1 atom stereocenters. The van der Waals surface area contributed by atoms with Crippen LogP contribution in [0.3, 0.4) is 0 Å². The monoisotopic (exact) mass is 326 g/mol. The fraction of sp³-hybridized carbons (Fsp3) is 0.467. The molecule has 0 N–H and O–H groups in total. The number of benzene rings is 1. The molecule has 1 aliphatic heterocycles. The highest BCUT2D eigenvalue weighted by Gasteiger charge is 2.20. The minimum atomic E-state index is -0.229. The SMILES string of the molecule is COC(CCl)CN(C=O)c1ccc(N2CCOCC2=O)cc1. The van der Waals surface area contributed by atoms with Crippen LogP contribution in [0.25, 0.3) is 0 Å². The van der Waals surface area contributed by atoms with Crippen molar-refractivity contribution in [3.63, 3.8) is 0 Å². The summed E-state index contributed by atoms with van der Waals surface area (Å²) < 4.78 is 10.3. The number of amides is 2. The molecule has 1 aromatic rings. The Kier molecular flexibility index (Phi) is 6.18. The van der Waals surface area contributed by atoms with Crippen molar-refractivity contribution in [1.29, 1.82) is 0 Å². The van der Waals surface area contributed by atoms with Gasteiger partial charge in [0.1, 0.15) is 6.61 Å². The molecule has 6 nitrogen and oxygen atoms in total. The number of ether oxygens (including phenoxy) is 2. The van der Waals surface area contributed by atoms with E-state index in [2.05, 4.69) is 0 Å². The van der Waals surface area contributed by atoms with Gasteiger partial charge in [0, 0.05) is 25.0 Å². The van der Waals surface area contributed by atoms with Crippen LogP contribution in [0.15, 0.2) is 24.3 Å². The first-order chi connectivity index (χ1) is 10.7. The molecule has 0 bridgehead atoms. The van der Waals surface area contributed by atoms with E-state index in [1.807, 2.05) is 12.1 Å². The summed E-state index contributed by atoms with van der Waals surface area (Å²) in [6.45, 7) is 1.54. The van der Waals surface area contributed by atoms with E-state index in [-0.39, 0.29) is 18.6 Å². The van der Waals surface area contributed by atoms with Gasteiger partial charge in [0.05, 0.1) is 25.1 Å². The minimum Gasteiger partial charge on any atom is -0.378 e. The standard InChI is InChI=1S/C15H19ClN2O4/c1-21-14(8-16)9-17(11-19)12-2-4-13(5-3-12)18-6-7-22-10-15(18)20/h2-5,11,14H,6-10H2,1H3. The highest BCUT2D eigenvalue weighted by atomic mass is 35.5. The number of rotatable bonds is 7. The third kappa shape index (κ3) is 3.97. The van der Waals surface area contributed by atoms with Gasteiger partial charge in [-0.3, -0.25) is 9.59 Å². The van der Waals surface area contributed by atoms with Crippen molar-refractivity contribution in [3.05, 3.63) is 24.3 Å². The van der Waals surface area contributed by atoms with E-state index in [1.54, 1.807) is 24.1 Å². The normalized spacial score (nSPS) is 16.5. The Morgan fingerprint density at radius 3 is 2.73 bits per heavy atom. The maximum atomic E-state index is 11.8. The lowest BCUT2D eigenvalue weighted by atomic mass is 10.2. The van der Waals surface area contributed by atoms with Gasteiger partial charge in [0.15, 0.2) is 0 Å². The summed E-state index contributed by atoms with van der Waals surface area (Å²) in [4.78, 5) is 26.3. The maximum absolute atomic E-state index is 11.8.